The topological polar surface area (TPSA) is 68.2 Å². The minimum Gasteiger partial charge on any atom is -0.444 e. The number of hydrogen-bond donors (Lipinski definition) is 1. The van der Waals surface area contributed by atoms with Crippen LogP contribution in [0.1, 0.15) is 78.4 Å². The molecule has 0 saturated heterocycles. The lowest BCUT2D eigenvalue weighted by Crippen LogP contribution is -2.45. The van der Waals surface area contributed by atoms with Crippen molar-refractivity contribution < 1.29 is 28.5 Å². The van der Waals surface area contributed by atoms with Crippen molar-refractivity contribution in [3.8, 4) is 0 Å². The molecule has 0 aromatic heterocycles. The molecule has 7 heteroatoms. The SMILES string of the molecule is CCCCC(OC)OCc1cc(F)ccc1C(C)(O)CN(CCC)C(=O)OC(C)(C)C. The van der Waals surface area contributed by atoms with Crippen molar-refractivity contribution in [3.63, 3.8) is 0 Å². The summed E-state index contributed by atoms with van der Waals surface area (Å²) < 4.78 is 30.7. The Morgan fingerprint density at radius 3 is 2.42 bits per heavy atom. The zero-order valence-electron chi connectivity index (χ0n) is 20.2. The van der Waals surface area contributed by atoms with Crippen LogP contribution in [-0.4, -0.2) is 48.2 Å². The average molecular weight is 442 g/mol. The van der Waals surface area contributed by atoms with Crippen LogP contribution in [0.5, 0.6) is 0 Å². The second-order valence-corrected chi connectivity index (χ2v) is 9.10. The zero-order valence-corrected chi connectivity index (χ0v) is 20.2. The van der Waals surface area contributed by atoms with Gasteiger partial charge in [0.25, 0.3) is 0 Å². The summed E-state index contributed by atoms with van der Waals surface area (Å²) in [7, 11) is 1.58. The van der Waals surface area contributed by atoms with E-state index in [-0.39, 0.29) is 13.2 Å². The number of carbonyl (C=O) groups is 1. The van der Waals surface area contributed by atoms with Crippen molar-refractivity contribution in [2.45, 2.75) is 91.3 Å². The fraction of sp³-hybridized carbons (Fsp3) is 0.708. The number of carbonyl (C=O) groups excluding carboxylic acids is 1. The Bertz CT molecular complexity index is 687. The first-order chi connectivity index (χ1) is 14.4. The van der Waals surface area contributed by atoms with Crippen LogP contribution in [0.15, 0.2) is 18.2 Å². The highest BCUT2D eigenvalue weighted by Crippen LogP contribution is 2.28. The predicted molar refractivity (Wildman–Crippen MR) is 119 cm³/mol. The van der Waals surface area contributed by atoms with Crippen LogP contribution in [0.4, 0.5) is 9.18 Å². The molecule has 1 N–H and O–H groups in total. The quantitative estimate of drug-likeness (QED) is 0.442. The van der Waals surface area contributed by atoms with Gasteiger partial charge in [0.05, 0.1) is 13.2 Å². The molecule has 1 rings (SSSR count). The molecule has 1 amide bonds. The van der Waals surface area contributed by atoms with Crippen molar-refractivity contribution in [1.29, 1.82) is 0 Å². The van der Waals surface area contributed by atoms with E-state index in [4.69, 9.17) is 14.2 Å². The molecule has 0 bridgehead atoms. The number of benzene rings is 1. The van der Waals surface area contributed by atoms with Gasteiger partial charge in [-0.2, -0.15) is 0 Å². The van der Waals surface area contributed by atoms with Crippen molar-refractivity contribution in [2.75, 3.05) is 20.2 Å². The van der Waals surface area contributed by atoms with E-state index >= 15 is 0 Å². The third-order valence-corrected chi connectivity index (χ3v) is 4.77. The molecule has 0 fully saturated rings. The van der Waals surface area contributed by atoms with Crippen LogP contribution in [0.2, 0.25) is 0 Å². The molecule has 2 unspecified atom stereocenters. The molecule has 2 atom stereocenters. The lowest BCUT2D eigenvalue weighted by molar-refractivity contribution is -0.136. The molecule has 0 aliphatic heterocycles. The van der Waals surface area contributed by atoms with Crippen molar-refractivity contribution in [2.24, 2.45) is 0 Å². The number of unbranched alkanes of at least 4 members (excludes halogenated alkanes) is 1. The summed E-state index contributed by atoms with van der Waals surface area (Å²) in [6.07, 6.45) is 2.52. The number of halogens is 1. The summed E-state index contributed by atoms with van der Waals surface area (Å²) in [4.78, 5) is 14.1. The fourth-order valence-electron chi connectivity index (χ4n) is 3.32. The standard InChI is InChI=1S/C24H40FNO5/c1-8-10-11-21(29-7)30-16-18-15-19(25)12-13-20(18)24(6,28)17-26(14-9-2)22(27)31-23(3,4)5/h12-13,15,21,28H,8-11,14,16-17H2,1-7H3. The van der Waals surface area contributed by atoms with E-state index in [0.717, 1.165) is 19.3 Å². The third kappa shape index (κ3) is 9.54. The summed E-state index contributed by atoms with van der Waals surface area (Å²) in [6.45, 7) is 11.6. The Hall–Kier alpha value is -1.70. The first-order valence-corrected chi connectivity index (χ1v) is 11.1. The number of aliphatic hydroxyl groups is 1. The van der Waals surface area contributed by atoms with Crippen molar-refractivity contribution in [1.82, 2.24) is 4.90 Å². The van der Waals surface area contributed by atoms with Crippen molar-refractivity contribution >= 4 is 6.09 Å². The summed E-state index contributed by atoms with van der Waals surface area (Å²) in [5, 5.41) is 11.3. The summed E-state index contributed by atoms with van der Waals surface area (Å²) >= 11 is 0. The van der Waals surface area contributed by atoms with Gasteiger partial charge in [-0.25, -0.2) is 9.18 Å². The second kappa shape index (κ2) is 12.4. The number of amides is 1. The molecule has 6 nitrogen and oxygen atoms in total. The summed E-state index contributed by atoms with van der Waals surface area (Å²) in [5.41, 5.74) is -1.05. The summed E-state index contributed by atoms with van der Waals surface area (Å²) in [5.74, 6) is -0.418. The second-order valence-electron chi connectivity index (χ2n) is 9.10. The molecule has 1 aromatic carbocycles. The predicted octanol–water partition coefficient (Wildman–Crippen LogP) is 5.36. The number of rotatable bonds is 12. The lowest BCUT2D eigenvalue weighted by Gasteiger charge is -2.34. The maximum absolute atomic E-state index is 14.0. The van der Waals surface area contributed by atoms with E-state index in [9.17, 15) is 14.3 Å². The normalized spacial score (nSPS) is 14.7. The van der Waals surface area contributed by atoms with Crippen LogP contribution in [0.3, 0.4) is 0 Å². The Labute approximate surface area is 186 Å². The third-order valence-electron chi connectivity index (χ3n) is 4.77. The molecule has 178 valence electrons. The molecule has 1 aromatic rings. The maximum atomic E-state index is 14.0. The van der Waals surface area contributed by atoms with Crippen LogP contribution in [-0.2, 0) is 26.4 Å². The fourth-order valence-corrected chi connectivity index (χ4v) is 3.32. The van der Waals surface area contributed by atoms with Crippen LogP contribution in [0, 0.1) is 5.82 Å². The summed E-state index contributed by atoms with van der Waals surface area (Å²) in [6, 6.07) is 4.20. The number of ether oxygens (including phenoxy) is 3. The highest BCUT2D eigenvalue weighted by molar-refractivity contribution is 5.68. The minimum atomic E-state index is -1.43. The largest absolute Gasteiger partial charge is 0.444 e. The Kier molecular flexibility index (Phi) is 10.9. The van der Waals surface area contributed by atoms with Crippen LogP contribution in [0.25, 0.3) is 0 Å². The highest BCUT2D eigenvalue weighted by Gasteiger charge is 2.32. The van der Waals surface area contributed by atoms with E-state index < -0.39 is 29.4 Å². The van der Waals surface area contributed by atoms with E-state index in [0.29, 0.717) is 24.1 Å². The average Bonchev–Trinajstić information content (AvgIpc) is 2.66. The first kappa shape index (κ1) is 27.3. The monoisotopic (exact) mass is 441 g/mol. The number of nitrogens with zero attached hydrogens (tertiary/aromatic N) is 1. The van der Waals surface area contributed by atoms with E-state index in [2.05, 4.69) is 6.92 Å². The van der Waals surface area contributed by atoms with Gasteiger partial charge < -0.3 is 24.2 Å². The van der Waals surface area contributed by atoms with Crippen LogP contribution < -0.4 is 0 Å². The lowest BCUT2D eigenvalue weighted by atomic mass is 9.91. The molecule has 0 radical (unpaired) electrons. The van der Waals surface area contributed by atoms with Crippen LogP contribution >= 0.6 is 0 Å². The Balaban J connectivity index is 3.07. The van der Waals surface area contributed by atoms with E-state index in [1.54, 1.807) is 40.9 Å². The van der Waals surface area contributed by atoms with E-state index in [1.165, 1.54) is 17.0 Å². The van der Waals surface area contributed by atoms with Gasteiger partial charge in [0.1, 0.15) is 17.0 Å². The van der Waals surface area contributed by atoms with Gasteiger partial charge in [-0.3, -0.25) is 0 Å². The maximum Gasteiger partial charge on any atom is 0.410 e. The Morgan fingerprint density at radius 1 is 1.19 bits per heavy atom. The highest BCUT2D eigenvalue weighted by atomic mass is 19.1. The molecule has 0 spiro atoms. The van der Waals surface area contributed by atoms with Gasteiger partial charge in [-0.05, 0) is 70.2 Å². The molecule has 31 heavy (non-hydrogen) atoms. The van der Waals surface area contributed by atoms with Gasteiger partial charge in [-0.15, -0.1) is 0 Å². The first-order valence-electron chi connectivity index (χ1n) is 11.1. The molecule has 0 heterocycles. The van der Waals surface area contributed by atoms with Gasteiger partial charge in [0.2, 0.25) is 0 Å². The van der Waals surface area contributed by atoms with Gasteiger partial charge in [0, 0.05) is 13.7 Å². The minimum absolute atomic E-state index is 0.0118. The van der Waals surface area contributed by atoms with E-state index in [1.807, 2.05) is 6.92 Å². The molecular weight excluding hydrogens is 401 g/mol. The molecular formula is C24H40FNO5. The number of hydrogen-bond acceptors (Lipinski definition) is 5. The smallest absolute Gasteiger partial charge is 0.410 e. The zero-order chi connectivity index (χ0) is 23.7. The van der Waals surface area contributed by atoms with Gasteiger partial charge in [0.15, 0.2) is 6.29 Å². The number of methoxy groups -OCH3 is 1. The van der Waals surface area contributed by atoms with Gasteiger partial charge in [-0.1, -0.05) is 26.3 Å². The molecule has 0 aliphatic rings. The Morgan fingerprint density at radius 2 is 1.87 bits per heavy atom. The molecule has 0 aliphatic carbocycles. The molecule has 0 saturated carbocycles. The van der Waals surface area contributed by atoms with Crippen molar-refractivity contribution in [3.05, 3.63) is 35.1 Å². The van der Waals surface area contributed by atoms with Gasteiger partial charge >= 0.3 is 6.09 Å².